The lowest BCUT2D eigenvalue weighted by molar-refractivity contribution is 0.305. The van der Waals surface area contributed by atoms with Crippen LogP contribution in [0.3, 0.4) is 0 Å². The number of nitriles is 1. The van der Waals surface area contributed by atoms with Crippen molar-refractivity contribution in [2.75, 3.05) is 0 Å². The molecule has 0 N–H and O–H groups in total. The first-order valence-corrected chi connectivity index (χ1v) is 6.61. The number of ether oxygens (including phenoxy) is 1. The molecule has 0 amide bonds. The summed E-state index contributed by atoms with van der Waals surface area (Å²) in [5.41, 5.74) is 0.725. The van der Waals surface area contributed by atoms with Gasteiger partial charge in [-0.05, 0) is 25.1 Å². The normalized spacial score (nSPS) is 10.1. The Morgan fingerprint density at radius 3 is 2.83 bits per heavy atom. The van der Waals surface area contributed by atoms with Crippen LogP contribution in [-0.2, 0) is 6.61 Å². The Balaban J connectivity index is 2.09. The van der Waals surface area contributed by atoms with E-state index in [0.29, 0.717) is 20.7 Å². The summed E-state index contributed by atoms with van der Waals surface area (Å²) in [4.78, 5) is 4.85. The largest absolute Gasteiger partial charge is 0.485 e. The molecule has 0 aliphatic heterocycles. The highest BCUT2D eigenvalue weighted by molar-refractivity contribution is 7.12. The van der Waals surface area contributed by atoms with Gasteiger partial charge >= 0.3 is 0 Å². The van der Waals surface area contributed by atoms with Crippen LogP contribution in [0.4, 0.5) is 0 Å². The van der Waals surface area contributed by atoms with Crippen molar-refractivity contribution in [1.29, 1.82) is 5.26 Å². The van der Waals surface area contributed by atoms with Crippen LogP contribution in [-0.4, -0.2) is 4.98 Å². The fraction of sp³-hybridized carbons (Fsp3) is 0.167. The van der Waals surface area contributed by atoms with E-state index in [1.807, 2.05) is 0 Å². The molecule has 0 atom stereocenters. The van der Waals surface area contributed by atoms with Crippen LogP contribution in [0.2, 0.25) is 10.0 Å². The Morgan fingerprint density at radius 1 is 1.44 bits per heavy atom. The van der Waals surface area contributed by atoms with Gasteiger partial charge in [-0.25, -0.2) is 4.98 Å². The first-order valence-electron chi connectivity index (χ1n) is 5.04. The van der Waals surface area contributed by atoms with Gasteiger partial charge in [0.15, 0.2) is 0 Å². The van der Waals surface area contributed by atoms with E-state index in [2.05, 4.69) is 11.1 Å². The molecule has 0 fully saturated rings. The van der Waals surface area contributed by atoms with Gasteiger partial charge in [-0.2, -0.15) is 5.26 Å². The SMILES string of the molecule is Cc1nc(COc2ccc(Cl)cc2Cl)sc1C#N. The number of thiazole rings is 1. The summed E-state index contributed by atoms with van der Waals surface area (Å²) in [6.45, 7) is 2.09. The van der Waals surface area contributed by atoms with Crippen LogP contribution in [0.1, 0.15) is 15.6 Å². The summed E-state index contributed by atoms with van der Waals surface area (Å²) in [5, 5.41) is 10.6. The van der Waals surface area contributed by atoms with E-state index in [0.717, 1.165) is 10.7 Å². The van der Waals surface area contributed by atoms with Gasteiger partial charge in [0.1, 0.15) is 28.3 Å². The minimum atomic E-state index is 0.286. The Bertz CT molecular complexity index is 619. The zero-order chi connectivity index (χ0) is 13.1. The zero-order valence-electron chi connectivity index (χ0n) is 9.41. The van der Waals surface area contributed by atoms with E-state index in [9.17, 15) is 0 Å². The Hall–Kier alpha value is -1.28. The van der Waals surface area contributed by atoms with Crippen molar-refractivity contribution in [2.24, 2.45) is 0 Å². The molecule has 0 aliphatic rings. The number of aryl methyl sites for hydroxylation is 1. The number of aromatic nitrogens is 1. The van der Waals surface area contributed by atoms with E-state index in [-0.39, 0.29) is 6.61 Å². The average molecular weight is 299 g/mol. The van der Waals surface area contributed by atoms with Gasteiger partial charge < -0.3 is 4.74 Å². The van der Waals surface area contributed by atoms with Gasteiger partial charge in [0.2, 0.25) is 0 Å². The summed E-state index contributed by atoms with van der Waals surface area (Å²) in [6, 6.07) is 7.12. The molecule has 0 saturated carbocycles. The first-order chi connectivity index (χ1) is 8.60. The van der Waals surface area contributed by atoms with Gasteiger partial charge in [0.05, 0.1) is 10.7 Å². The van der Waals surface area contributed by atoms with Crippen molar-refractivity contribution in [3.63, 3.8) is 0 Å². The zero-order valence-corrected chi connectivity index (χ0v) is 11.7. The van der Waals surface area contributed by atoms with E-state index in [1.165, 1.54) is 11.3 Å². The minimum Gasteiger partial charge on any atom is -0.485 e. The molecule has 3 nitrogen and oxygen atoms in total. The minimum absolute atomic E-state index is 0.286. The van der Waals surface area contributed by atoms with Gasteiger partial charge in [-0.3, -0.25) is 0 Å². The summed E-state index contributed by atoms with van der Waals surface area (Å²) < 4.78 is 5.54. The Labute approximate surface area is 119 Å². The standard InChI is InChI=1S/C12H8Cl2N2OS/c1-7-11(5-15)18-12(16-7)6-17-10-3-2-8(13)4-9(10)14/h2-4H,6H2,1H3. The third kappa shape index (κ3) is 2.94. The average Bonchev–Trinajstić information content (AvgIpc) is 2.69. The lowest BCUT2D eigenvalue weighted by atomic mass is 10.3. The maximum Gasteiger partial charge on any atom is 0.140 e. The van der Waals surface area contributed by atoms with Crippen LogP contribution in [0.5, 0.6) is 5.75 Å². The Morgan fingerprint density at radius 2 is 2.22 bits per heavy atom. The third-order valence-electron chi connectivity index (χ3n) is 2.19. The molecule has 92 valence electrons. The van der Waals surface area contributed by atoms with Crippen molar-refractivity contribution < 1.29 is 4.74 Å². The van der Waals surface area contributed by atoms with Crippen molar-refractivity contribution in [1.82, 2.24) is 4.98 Å². The molecule has 1 aromatic heterocycles. The molecule has 0 bridgehead atoms. The summed E-state index contributed by atoms with van der Waals surface area (Å²) in [5.74, 6) is 0.549. The maximum absolute atomic E-state index is 8.84. The summed E-state index contributed by atoms with van der Waals surface area (Å²) in [7, 11) is 0. The second kappa shape index (κ2) is 5.57. The quantitative estimate of drug-likeness (QED) is 0.853. The van der Waals surface area contributed by atoms with Crippen molar-refractivity contribution in [3.05, 3.63) is 43.8 Å². The Kier molecular flexibility index (Phi) is 4.07. The van der Waals surface area contributed by atoms with Crippen LogP contribution in [0, 0.1) is 18.3 Å². The van der Waals surface area contributed by atoms with E-state index < -0.39 is 0 Å². The van der Waals surface area contributed by atoms with Gasteiger partial charge in [-0.1, -0.05) is 23.2 Å². The van der Waals surface area contributed by atoms with Crippen molar-refractivity contribution >= 4 is 34.5 Å². The van der Waals surface area contributed by atoms with Crippen molar-refractivity contribution in [2.45, 2.75) is 13.5 Å². The lowest BCUT2D eigenvalue weighted by Crippen LogP contribution is -1.95. The highest BCUT2D eigenvalue weighted by Crippen LogP contribution is 2.28. The van der Waals surface area contributed by atoms with Gasteiger partial charge in [0, 0.05) is 5.02 Å². The van der Waals surface area contributed by atoms with Crippen LogP contribution in [0.25, 0.3) is 0 Å². The molecule has 2 aromatic rings. The molecule has 1 heterocycles. The number of halogens is 2. The predicted octanol–water partition coefficient (Wildman–Crippen LogP) is 4.21. The molecular weight excluding hydrogens is 291 g/mol. The molecule has 0 radical (unpaired) electrons. The molecule has 0 unspecified atom stereocenters. The highest BCUT2D eigenvalue weighted by Gasteiger charge is 2.08. The number of hydrogen-bond donors (Lipinski definition) is 0. The number of hydrogen-bond acceptors (Lipinski definition) is 4. The van der Waals surface area contributed by atoms with Crippen molar-refractivity contribution in [3.8, 4) is 11.8 Å². The van der Waals surface area contributed by atoms with E-state index >= 15 is 0 Å². The van der Waals surface area contributed by atoms with E-state index in [1.54, 1.807) is 25.1 Å². The first kappa shape index (κ1) is 13.2. The third-order valence-corrected chi connectivity index (χ3v) is 3.75. The predicted molar refractivity (Wildman–Crippen MR) is 72.4 cm³/mol. The van der Waals surface area contributed by atoms with Gasteiger partial charge in [0.25, 0.3) is 0 Å². The maximum atomic E-state index is 8.84. The fourth-order valence-corrected chi connectivity index (χ4v) is 2.59. The smallest absolute Gasteiger partial charge is 0.140 e. The summed E-state index contributed by atoms with van der Waals surface area (Å²) >= 11 is 13.1. The van der Waals surface area contributed by atoms with Crippen LogP contribution in [0.15, 0.2) is 18.2 Å². The molecule has 2 rings (SSSR count). The van der Waals surface area contributed by atoms with E-state index in [4.69, 9.17) is 33.2 Å². The molecule has 0 saturated heterocycles. The van der Waals surface area contributed by atoms with Gasteiger partial charge in [-0.15, -0.1) is 11.3 Å². The lowest BCUT2D eigenvalue weighted by Gasteiger charge is -2.06. The molecular formula is C12H8Cl2N2OS. The molecule has 18 heavy (non-hydrogen) atoms. The molecule has 0 spiro atoms. The number of benzene rings is 1. The fourth-order valence-electron chi connectivity index (χ4n) is 1.35. The topological polar surface area (TPSA) is 45.9 Å². The second-order valence-corrected chi connectivity index (χ2v) is 5.42. The van der Waals surface area contributed by atoms with Crippen LogP contribution >= 0.6 is 34.5 Å². The molecule has 6 heteroatoms. The van der Waals surface area contributed by atoms with Crippen LogP contribution < -0.4 is 4.74 Å². The second-order valence-electron chi connectivity index (χ2n) is 3.50. The highest BCUT2D eigenvalue weighted by atomic mass is 35.5. The molecule has 1 aromatic carbocycles. The number of nitrogens with zero attached hydrogens (tertiary/aromatic N) is 2. The molecule has 0 aliphatic carbocycles. The monoisotopic (exact) mass is 298 g/mol. The number of rotatable bonds is 3. The summed E-state index contributed by atoms with van der Waals surface area (Å²) in [6.07, 6.45) is 0.